The predicted molar refractivity (Wildman–Crippen MR) is 63.3 cm³/mol. The van der Waals surface area contributed by atoms with Gasteiger partial charge in [0.2, 0.25) is 0 Å². The molecule has 3 aromatic rings. The van der Waals surface area contributed by atoms with E-state index >= 15 is 0 Å². The summed E-state index contributed by atoms with van der Waals surface area (Å²) in [7, 11) is 0. The van der Waals surface area contributed by atoms with E-state index in [-0.39, 0.29) is 0 Å². The summed E-state index contributed by atoms with van der Waals surface area (Å²) in [6.45, 7) is 2.00. The number of pyridine rings is 1. The molecule has 0 radical (unpaired) electrons. The molecule has 0 aliphatic carbocycles. The molecule has 0 aliphatic rings. The van der Waals surface area contributed by atoms with E-state index in [0.29, 0.717) is 0 Å². The van der Waals surface area contributed by atoms with Crippen LogP contribution in [0.3, 0.4) is 0 Å². The predicted octanol–water partition coefficient (Wildman–Crippen LogP) is 3.68. The molecule has 0 spiro atoms. The molecule has 2 nitrogen and oxygen atoms in total. The lowest BCUT2D eigenvalue weighted by atomic mass is 10.2. The maximum absolute atomic E-state index is 5.95. The molecule has 1 N–H and O–H groups in total. The standard InChI is InChI=1S/C12H9ClN2/c1-7-12-10(4-5-14-7)9-3-2-8(13)6-11(9)15-12/h2-6,15H,1H3. The van der Waals surface area contributed by atoms with Gasteiger partial charge in [-0.05, 0) is 25.1 Å². The lowest BCUT2D eigenvalue weighted by molar-refractivity contribution is 1.22. The third-order valence-corrected chi connectivity index (χ3v) is 2.91. The second kappa shape index (κ2) is 2.97. The Morgan fingerprint density at radius 1 is 1.20 bits per heavy atom. The Morgan fingerprint density at radius 2 is 2.07 bits per heavy atom. The summed E-state index contributed by atoms with van der Waals surface area (Å²) in [5.74, 6) is 0. The molecule has 15 heavy (non-hydrogen) atoms. The topological polar surface area (TPSA) is 28.7 Å². The van der Waals surface area contributed by atoms with Crippen LogP contribution in [-0.2, 0) is 0 Å². The van der Waals surface area contributed by atoms with Crippen molar-refractivity contribution in [2.24, 2.45) is 0 Å². The number of nitrogens with one attached hydrogen (secondary N) is 1. The summed E-state index contributed by atoms with van der Waals surface area (Å²) < 4.78 is 0. The van der Waals surface area contributed by atoms with Gasteiger partial charge in [0, 0.05) is 27.5 Å². The average Bonchev–Trinajstić information content (AvgIpc) is 2.57. The van der Waals surface area contributed by atoms with Gasteiger partial charge in [-0.25, -0.2) is 0 Å². The zero-order valence-corrected chi connectivity index (χ0v) is 8.97. The van der Waals surface area contributed by atoms with Crippen LogP contribution in [-0.4, -0.2) is 9.97 Å². The fourth-order valence-electron chi connectivity index (χ4n) is 1.94. The molecule has 3 rings (SSSR count). The van der Waals surface area contributed by atoms with Crippen LogP contribution in [0.4, 0.5) is 0 Å². The van der Waals surface area contributed by atoms with Crippen molar-refractivity contribution < 1.29 is 0 Å². The molecule has 2 heterocycles. The first-order valence-corrected chi connectivity index (χ1v) is 5.16. The van der Waals surface area contributed by atoms with Crippen LogP contribution in [0.25, 0.3) is 21.8 Å². The van der Waals surface area contributed by atoms with Crippen LogP contribution >= 0.6 is 11.6 Å². The Balaban J connectivity index is 2.57. The van der Waals surface area contributed by atoms with E-state index in [1.807, 2.05) is 37.4 Å². The highest BCUT2D eigenvalue weighted by Gasteiger charge is 2.06. The number of nitrogens with zero attached hydrogens (tertiary/aromatic N) is 1. The molecule has 0 amide bonds. The van der Waals surface area contributed by atoms with Crippen molar-refractivity contribution in [3.63, 3.8) is 0 Å². The van der Waals surface area contributed by atoms with E-state index < -0.39 is 0 Å². The average molecular weight is 217 g/mol. The molecule has 0 unspecified atom stereocenters. The zero-order valence-electron chi connectivity index (χ0n) is 8.21. The van der Waals surface area contributed by atoms with Crippen molar-refractivity contribution in [1.82, 2.24) is 9.97 Å². The molecule has 0 saturated carbocycles. The van der Waals surface area contributed by atoms with Crippen molar-refractivity contribution in [3.05, 3.63) is 41.2 Å². The number of aryl methyl sites for hydroxylation is 1. The number of H-pyrrole nitrogens is 1. The van der Waals surface area contributed by atoms with Gasteiger partial charge >= 0.3 is 0 Å². The molecule has 3 heteroatoms. The fourth-order valence-corrected chi connectivity index (χ4v) is 2.11. The molecular formula is C12H9ClN2. The Bertz CT molecular complexity index is 655. The second-order valence-electron chi connectivity index (χ2n) is 3.63. The van der Waals surface area contributed by atoms with Crippen molar-refractivity contribution in [1.29, 1.82) is 0 Å². The van der Waals surface area contributed by atoms with Gasteiger partial charge in [0.15, 0.2) is 0 Å². The molecule has 0 bridgehead atoms. The van der Waals surface area contributed by atoms with E-state index in [1.54, 1.807) is 0 Å². The number of aromatic nitrogens is 2. The maximum Gasteiger partial charge on any atom is 0.0681 e. The zero-order chi connectivity index (χ0) is 10.4. The normalized spacial score (nSPS) is 11.3. The van der Waals surface area contributed by atoms with Gasteiger partial charge in [0.05, 0.1) is 11.2 Å². The van der Waals surface area contributed by atoms with Gasteiger partial charge in [0.1, 0.15) is 0 Å². The van der Waals surface area contributed by atoms with Crippen molar-refractivity contribution in [2.45, 2.75) is 6.92 Å². The van der Waals surface area contributed by atoms with E-state index in [0.717, 1.165) is 21.7 Å². The lowest BCUT2D eigenvalue weighted by Crippen LogP contribution is -1.79. The Labute approximate surface area is 91.9 Å². The van der Waals surface area contributed by atoms with Crippen LogP contribution in [0, 0.1) is 6.92 Å². The van der Waals surface area contributed by atoms with Crippen LogP contribution in [0.5, 0.6) is 0 Å². The monoisotopic (exact) mass is 216 g/mol. The highest BCUT2D eigenvalue weighted by Crippen LogP contribution is 2.28. The van der Waals surface area contributed by atoms with Crippen molar-refractivity contribution in [2.75, 3.05) is 0 Å². The van der Waals surface area contributed by atoms with E-state index in [2.05, 4.69) is 9.97 Å². The van der Waals surface area contributed by atoms with Crippen molar-refractivity contribution >= 4 is 33.4 Å². The molecular weight excluding hydrogens is 208 g/mol. The molecule has 0 atom stereocenters. The van der Waals surface area contributed by atoms with E-state index in [1.165, 1.54) is 10.8 Å². The highest BCUT2D eigenvalue weighted by molar-refractivity contribution is 6.31. The molecule has 74 valence electrons. The van der Waals surface area contributed by atoms with Crippen LogP contribution in [0.1, 0.15) is 5.69 Å². The largest absolute Gasteiger partial charge is 0.353 e. The van der Waals surface area contributed by atoms with Gasteiger partial charge in [-0.3, -0.25) is 4.98 Å². The van der Waals surface area contributed by atoms with Crippen LogP contribution in [0.2, 0.25) is 5.02 Å². The summed E-state index contributed by atoms with van der Waals surface area (Å²) in [4.78, 5) is 7.60. The molecule has 1 aromatic carbocycles. The number of hydrogen-bond acceptors (Lipinski definition) is 1. The summed E-state index contributed by atoms with van der Waals surface area (Å²) in [6.07, 6.45) is 1.83. The molecule has 0 fully saturated rings. The van der Waals surface area contributed by atoms with Gasteiger partial charge in [-0.2, -0.15) is 0 Å². The Kier molecular flexibility index (Phi) is 1.73. The summed E-state index contributed by atoms with van der Waals surface area (Å²) in [5.41, 5.74) is 3.17. The van der Waals surface area contributed by atoms with Gasteiger partial charge < -0.3 is 4.98 Å². The van der Waals surface area contributed by atoms with Gasteiger partial charge in [0.25, 0.3) is 0 Å². The van der Waals surface area contributed by atoms with Crippen LogP contribution < -0.4 is 0 Å². The minimum absolute atomic E-state index is 0.750. The number of benzene rings is 1. The molecule has 0 saturated heterocycles. The summed E-state index contributed by atoms with van der Waals surface area (Å²) >= 11 is 5.95. The fraction of sp³-hybridized carbons (Fsp3) is 0.0833. The third kappa shape index (κ3) is 1.22. The number of fused-ring (bicyclic) bond motifs is 3. The lowest BCUT2D eigenvalue weighted by Gasteiger charge is -1.93. The summed E-state index contributed by atoms with van der Waals surface area (Å²) in [5, 5.41) is 3.15. The number of rotatable bonds is 0. The first-order valence-electron chi connectivity index (χ1n) is 4.78. The minimum Gasteiger partial charge on any atom is -0.353 e. The summed E-state index contributed by atoms with van der Waals surface area (Å²) in [6, 6.07) is 7.91. The second-order valence-corrected chi connectivity index (χ2v) is 4.07. The number of hydrogen-bond donors (Lipinski definition) is 1. The van der Waals surface area contributed by atoms with E-state index in [4.69, 9.17) is 11.6 Å². The third-order valence-electron chi connectivity index (χ3n) is 2.67. The van der Waals surface area contributed by atoms with Crippen LogP contribution in [0.15, 0.2) is 30.5 Å². The van der Waals surface area contributed by atoms with Crippen molar-refractivity contribution in [3.8, 4) is 0 Å². The SMILES string of the molecule is Cc1nccc2c1[nH]c1cc(Cl)ccc12. The highest BCUT2D eigenvalue weighted by atomic mass is 35.5. The number of halogens is 1. The maximum atomic E-state index is 5.95. The Morgan fingerprint density at radius 3 is 2.93 bits per heavy atom. The number of aromatic amines is 1. The molecule has 2 aromatic heterocycles. The minimum atomic E-state index is 0.750. The smallest absolute Gasteiger partial charge is 0.0681 e. The first-order chi connectivity index (χ1) is 7.25. The van der Waals surface area contributed by atoms with Gasteiger partial charge in [-0.15, -0.1) is 0 Å². The Hall–Kier alpha value is -1.54. The molecule has 0 aliphatic heterocycles. The quantitative estimate of drug-likeness (QED) is 0.610. The van der Waals surface area contributed by atoms with E-state index in [9.17, 15) is 0 Å². The first kappa shape index (κ1) is 8.74. The van der Waals surface area contributed by atoms with Gasteiger partial charge in [-0.1, -0.05) is 17.7 Å².